The van der Waals surface area contributed by atoms with Crippen LogP contribution in [0.5, 0.6) is 0 Å². The van der Waals surface area contributed by atoms with Gasteiger partial charge in [-0.25, -0.2) is 9.78 Å². The van der Waals surface area contributed by atoms with E-state index in [1.807, 2.05) is 27.7 Å². The Labute approximate surface area is 207 Å². The van der Waals surface area contributed by atoms with Crippen LogP contribution >= 0.6 is 0 Å². The summed E-state index contributed by atoms with van der Waals surface area (Å²) >= 11 is 0. The number of hydrogen-bond donors (Lipinski definition) is 6. The third-order valence-electron chi connectivity index (χ3n) is 6.24. The Hall–Kier alpha value is -2.95. The second-order valence-corrected chi connectivity index (χ2v) is 9.66. The topological polar surface area (TPSA) is 179 Å². The third-order valence-corrected chi connectivity index (χ3v) is 6.24. The summed E-state index contributed by atoms with van der Waals surface area (Å²) in [5, 5.41) is 17.6. The van der Waals surface area contributed by atoms with E-state index in [1.165, 1.54) is 6.33 Å². The number of nitrogens with zero attached hydrogens (tertiary/aromatic N) is 1. The molecule has 0 saturated carbocycles. The number of carbonyl (C=O) groups is 4. The van der Waals surface area contributed by atoms with Crippen LogP contribution in [0, 0.1) is 17.8 Å². The van der Waals surface area contributed by atoms with Gasteiger partial charge in [-0.15, -0.1) is 0 Å². The van der Waals surface area contributed by atoms with E-state index in [9.17, 15) is 24.3 Å². The van der Waals surface area contributed by atoms with Crippen LogP contribution in [0.3, 0.4) is 0 Å². The number of H-pyrrole nitrogens is 1. The predicted octanol–water partition coefficient (Wildman–Crippen LogP) is 0.957. The molecule has 1 heterocycles. The van der Waals surface area contributed by atoms with Crippen molar-refractivity contribution in [2.45, 2.75) is 91.4 Å². The fourth-order valence-electron chi connectivity index (χ4n) is 3.60. The minimum Gasteiger partial charge on any atom is -0.480 e. The maximum Gasteiger partial charge on any atom is 0.326 e. The normalized spacial score (nSPS) is 16.5. The van der Waals surface area contributed by atoms with Crippen molar-refractivity contribution >= 4 is 23.7 Å². The summed E-state index contributed by atoms with van der Waals surface area (Å²) < 4.78 is 0. The molecule has 198 valence electrons. The van der Waals surface area contributed by atoms with Gasteiger partial charge in [0.2, 0.25) is 17.7 Å². The first kappa shape index (κ1) is 30.1. The van der Waals surface area contributed by atoms with Gasteiger partial charge in [0.15, 0.2) is 0 Å². The molecule has 11 nitrogen and oxygen atoms in total. The molecule has 0 fully saturated rings. The maximum atomic E-state index is 13.3. The summed E-state index contributed by atoms with van der Waals surface area (Å²) in [4.78, 5) is 57.6. The van der Waals surface area contributed by atoms with E-state index in [4.69, 9.17) is 5.73 Å². The van der Waals surface area contributed by atoms with Gasteiger partial charge in [0, 0.05) is 18.3 Å². The van der Waals surface area contributed by atoms with Crippen LogP contribution in [-0.4, -0.2) is 62.9 Å². The number of aliphatic carboxylic acids is 1. The number of imidazole rings is 1. The molecule has 0 saturated heterocycles. The lowest BCUT2D eigenvalue weighted by atomic mass is 9.95. The average molecular weight is 495 g/mol. The van der Waals surface area contributed by atoms with Gasteiger partial charge in [-0.2, -0.15) is 0 Å². The quantitative estimate of drug-likeness (QED) is 0.210. The first-order valence-electron chi connectivity index (χ1n) is 12.3. The molecule has 0 aliphatic heterocycles. The minimum absolute atomic E-state index is 0.117. The molecule has 6 unspecified atom stereocenters. The maximum absolute atomic E-state index is 13.3. The highest BCUT2D eigenvalue weighted by Crippen LogP contribution is 2.13. The number of rotatable bonds is 15. The highest BCUT2D eigenvalue weighted by Gasteiger charge is 2.34. The van der Waals surface area contributed by atoms with Gasteiger partial charge < -0.3 is 31.8 Å². The van der Waals surface area contributed by atoms with Gasteiger partial charge >= 0.3 is 5.97 Å². The third kappa shape index (κ3) is 9.67. The zero-order chi connectivity index (χ0) is 26.7. The highest BCUT2D eigenvalue weighted by atomic mass is 16.4. The largest absolute Gasteiger partial charge is 0.480 e. The molecule has 0 bridgehead atoms. The Morgan fingerprint density at radius 3 is 2.00 bits per heavy atom. The number of carbonyl (C=O) groups excluding carboxylic acids is 3. The average Bonchev–Trinajstić information content (AvgIpc) is 3.31. The minimum atomic E-state index is -1.13. The number of nitrogens with two attached hydrogens (primary N) is 1. The molecule has 11 heteroatoms. The first-order valence-corrected chi connectivity index (χ1v) is 12.3. The number of hydrogen-bond acceptors (Lipinski definition) is 6. The molecule has 0 aliphatic carbocycles. The Morgan fingerprint density at radius 2 is 1.51 bits per heavy atom. The second kappa shape index (κ2) is 14.4. The van der Waals surface area contributed by atoms with Crippen molar-refractivity contribution in [1.82, 2.24) is 25.9 Å². The zero-order valence-electron chi connectivity index (χ0n) is 21.6. The second-order valence-electron chi connectivity index (χ2n) is 9.66. The lowest BCUT2D eigenvalue weighted by molar-refractivity contribution is -0.144. The first-order chi connectivity index (χ1) is 16.4. The van der Waals surface area contributed by atoms with Crippen molar-refractivity contribution < 1.29 is 24.3 Å². The summed E-state index contributed by atoms with van der Waals surface area (Å²) in [6.07, 6.45) is 4.71. The number of amides is 3. The van der Waals surface area contributed by atoms with E-state index in [-0.39, 0.29) is 24.2 Å². The molecule has 1 aromatic heterocycles. The summed E-state index contributed by atoms with van der Waals surface area (Å²) in [6.45, 7) is 11.1. The summed E-state index contributed by atoms with van der Waals surface area (Å²) in [5.41, 5.74) is 6.62. The molecular formula is C24H42N6O5. The standard InChI is InChI=1S/C24H42N6O5/c1-7-14(5)19(23(33)30-20(24(34)35)15(6)8-2)29-22(32)18(10-16-11-26-12-27-16)28-21(31)17(25)9-13(3)4/h11-15,17-20H,7-10,25H2,1-6H3,(H,26,27)(H,28,31)(H,29,32)(H,30,33)(H,34,35). The molecule has 1 rings (SSSR count). The molecule has 0 aromatic carbocycles. The lowest BCUT2D eigenvalue weighted by Gasteiger charge is -2.29. The summed E-state index contributed by atoms with van der Waals surface area (Å²) in [7, 11) is 0. The SMILES string of the molecule is CCC(C)C(NC(=O)C(NC(=O)C(Cc1cnc[nH]1)NC(=O)C(N)CC(C)C)C(C)CC)C(=O)O. The Kier molecular flexibility index (Phi) is 12.4. The van der Waals surface area contributed by atoms with Crippen molar-refractivity contribution in [3.05, 3.63) is 18.2 Å². The van der Waals surface area contributed by atoms with Crippen LogP contribution in [0.1, 0.15) is 66.5 Å². The number of nitrogens with one attached hydrogen (secondary N) is 4. The van der Waals surface area contributed by atoms with Crippen LogP contribution in [0.2, 0.25) is 0 Å². The van der Waals surface area contributed by atoms with E-state index in [2.05, 4.69) is 25.9 Å². The molecule has 6 atom stereocenters. The lowest BCUT2D eigenvalue weighted by Crippen LogP contribution is -2.59. The van der Waals surface area contributed by atoms with Gasteiger partial charge in [-0.05, 0) is 24.2 Å². The van der Waals surface area contributed by atoms with Crippen LogP contribution < -0.4 is 21.7 Å². The van der Waals surface area contributed by atoms with Gasteiger partial charge in [0.25, 0.3) is 0 Å². The summed E-state index contributed by atoms with van der Waals surface area (Å²) in [6, 6.07) is -3.85. The Morgan fingerprint density at radius 1 is 0.943 bits per heavy atom. The predicted molar refractivity (Wildman–Crippen MR) is 132 cm³/mol. The molecule has 0 spiro atoms. The van der Waals surface area contributed by atoms with Gasteiger partial charge in [-0.1, -0.05) is 54.4 Å². The number of aromatic nitrogens is 2. The molecular weight excluding hydrogens is 452 g/mol. The molecule has 0 aliphatic rings. The van der Waals surface area contributed by atoms with Crippen molar-refractivity contribution in [2.75, 3.05) is 0 Å². The van der Waals surface area contributed by atoms with Crippen LogP contribution in [0.25, 0.3) is 0 Å². The van der Waals surface area contributed by atoms with E-state index in [0.717, 1.165) is 0 Å². The fraction of sp³-hybridized carbons (Fsp3) is 0.708. The number of carboxylic acids is 1. The van der Waals surface area contributed by atoms with Crippen LogP contribution in [0.4, 0.5) is 0 Å². The van der Waals surface area contributed by atoms with E-state index in [1.54, 1.807) is 20.0 Å². The Bertz CT molecular complexity index is 828. The molecule has 0 radical (unpaired) electrons. The smallest absolute Gasteiger partial charge is 0.326 e. The van der Waals surface area contributed by atoms with Crippen molar-refractivity contribution in [3.63, 3.8) is 0 Å². The summed E-state index contributed by atoms with van der Waals surface area (Å²) in [5.74, 6) is -3.13. The fourth-order valence-corrected chi connectivity index (χ4v) is 3.60. The highest BCUT2D eigenvalue weighted by molar-refractivity contribution is 5.94. The van der Waals surface area contributed by atoms with Crippen molar-refractivity contribution in [3.8, 4) is 0 Å². The zero-order valence-corrected chi connectivity index (χ0v) is 21.6. The van der Waals surface area contributed by atoms with Crippen LogP contribution in [0.15, 0.2) is 12.5 Å². The van der Waals surface area contributed by atoms with E-state index >= 15 is 0 Å². The van der Waals surface area contributed by atoms with Gasteiger partial charge in [0.05, 0.1) is 12.4 Å². The van der Waals surface area contributed by atoms with Gasteiger partial charge in [-0.3, -0.25) is 14.4 Å². The molecule has 35 heavy (non-hydrogen) atoms. The van der Waals surface area contributed by atoms with E-state index < -0.39 is 47.9 Å². The monoisotopic (exact) mass is 494 g/mol. The number of carboxylic acid groups (broad SMARTS) is 1. The van der Waals surface area contributed by atoms with Crippen LogP contribution in [-0.2, 0) is 25.6 Å². The van der Waals surface area contributed by atoms with Gasteiger partial charge in [0.1, 0.15) is 18.1 Å². The molecule has 1 aromatic rings. The number of aromatic amines is 1. The van der Waals surface area contributed by atoms with Crippen molar-refractivity contribution in [1.29, 1.82) is 0 Å². The van der Waals surface area contributed by atoms with Crippen molar-refractivity contribution in [2.24, 2.45) is 23.5 Å². The Balaban J connectivity index is 3.09. The molecule has 3 amide bonds. The molecule has 7 N–H and O–H groups in total. The van der Waals surface area contributed by atoms with E-state index in [0.29, 0.717) is 25.0 Å².